The van der Waals surface area contributed by atoms with Gasteiger partial charge in [0.25, 0.3) is 0 Å². The molecule has 1 aromatic carbocycles. The number of hydrogen-bond acceptors (Lipinski definition) is 3. The summed E-state index contributed by atoms with van der Waals surface area (Å²) in [5, 5.41) is 4.61. The van der Waals surface area contributed by atoms with Crippen molar-refractivity contribution in [1.29, 1.82) is 0 Å². The molecule has 0 spiro atoms. The van der Waals surface area contributed by atoms with Crippen LogP contribution in [0.4, 0.5) is 5.69 Å². The summed E-state index contributed by atoms with van der Waals surface area (Å²) in [5.74, 6) is 1.68. The number of thioether (sulfide) groups is 1. The molecule has 0 fully saturated rings. The first-order valence-electron chi connectivity index (χ1n) is 7.12. The van der Waals surface area contributed by atoms with Crippen molar-refractivity contribution < 1.29 is 0 Å². The first-order valence-corrected chi connectivity index (χ1v) is 8.11. The molecule has 0 radical (unpaired) electrons. The van der Waals surface area contributed by atoms with Crippen LogP contribution in [0.3, 0.4) is 0 Å². The van der Waals surface area contributed by atoms with Gasteiger partial charge in [-0.15, -0.1) is 0 Å². The third-order valence-corrected chi connectivity index (χ3v) is 4.71. The molecule has 104 valence electrons. The van der Waals surface area contributed by atoms with Crippen LogP contribution in [-0.4, -0.2) is 16.5 Å². The van der Waals surface area contributed by atoms with Crippen molar-refractivity contribution in [1.82, 2.24) is 0 Å². The molecule has 19 heavy (non-hydrogen) atoms. The Labute approximate surface area is 121 Å². The molecule has 1 aliphatic rings. The molecular weight excluding hydrogens is 252 g/mol. The van der Waals surface area contributed by atoms with E-state index in [4.69, 9.17) is 4.99 Å². The van der Waals surface area contributed by atoms with Crippen LogP contribution in [0, 0.1) is 0 Å². The fourth-order valence-electron chi connectivity index (χ4n) is 2.25. The molecule has 2 nitrogen and oxygen atoms in total. The third-order valence-electron chi connectivity index (χ3n) is 3.84. The van der Waals surface area contributed by atoms with E-state index < -0.39 is 0 Å². The Morgan fingerprint density at radius 2 is 2.11 bits per heavy atom. The van der Waals surface area contributed by atoms with Crippen LogP contribution < -0.4 is 5.32 Å². The van der Waals surface area contributed by atoms with Crippen molar-refractivity contribution in [2.45, 2.75) is 52.0 Å². The maximum absolute atomic E-state index is 4.90. The Morgan fingerprint density at radius 3 is 2.79 bits per heavy atom. The summed E-state index contributed by atoms with van der Waals surface area (Å²) in [6, 6.07) is 8.53. The smallest absolute Gasteiger partial charge is 0.161 e. The lowest BCUT2D eigenvalue weighted by atomic mass is 9.96. The highest BCUT2D eigenvalue weighted by molar-refractivity contribution is 8.14. The second kappa shape index (κ2) is 6.00. The number of nitrogens with one attached hydrogen (secondary N) is 1. The summed E-state index contributed by atoms with van der Waals surface area (Å²) in [6.07, 6.45) is 2.27. The van der Waals surface area contributed by atoms with E-state index in [-0.39, 0.29) is 5.54 Å². The van der Waals surface area contributed by atoms with Crippen LogP contribution in [-0.2, 0) is 0 Å². The minimum absolute atomic E-state index is 0.111. The Hall–Kier alpha value is -0.960. The minimum atomic E-state index is 0.111. The molecule has 1 heterocycles. The Bertz CT molecular complexity index is 468. The standard InChI is InChI=1S/C16H24N2S/c1-5-16(4)10-11-19-15(18-16)17-14-9-7-6-8-13(14)12(2)3/h6-9,12H,5,10-11H2,1-4H3,(H,17,18). The zero-order valence-electron chi connectivity index (χ0n) is 12.4. The fourth-order valence-corrected chi connectivity index (χ4v) is 3.45. The lowest BCUT2D eigenvalue weighted by Crippen LogP contribution is -2.29. The number of nitrogens with zero attached hydrogens (tertiary/aromatic N) is 1. The van der Waals surface area contributed by atoms with Gasteiger partial charge in [-0.1, -0.05) is 50.7 Å². The van der Waals surface area contributed by atoms with Crippen LogP contribution in [0.1, 0.15) is 52.0 Å². The van der Waals surface area contributed by atoms with Crippen molar-refractivity contribution >= 4 is 22.6 Å². The highest BCUT2D eigenvalue weighted by Gasteiger charge is 2.26. The van der Waals surface area contributed by atoms with Gasteiger partial charge in [-0.3, -0.25) is 4.99 Å². The topological polar surface area (TPSA) is 24.4 Å². The molecule has 1 aliphatic heterocycles. The third kappa shape index (κ3) is 3.53. The predicted molar refractivity (Wildman–Crippen MR) is 87.4 cm³/mol. The van der Waals surface area contributed by atoms with Crippen molar-refractivity contribution in [3.63, 3.8) is 0 Å². The van der Waals surface area contributed by atoms with E-state index in [0.29, 0.717) is 5.92 Å². The average Bonchev–Trinajstić information content (AvgIpc) is 2.39. The van der Waals surface area contributed by atoms with Gasteiger partial charge < -0.3 is 5.32 Å². The van der Waals surface area contributed by atoms with Crippen molar-refractivity contribution in [2.75, 3.05) is 11.1 Å². The van der Waals surface area contributed by atoms with Gasteiger partial charge in [-0.2, -0.15) is 0 Å². The normalized spacial score (nSPS) is 23.3. The molecule has 1 aromatic rings. The van der Waals surface area contributed by atoms with Gasteiger partial charge >= 0.3 is 0 Å². The largest absolute Gasteiger partial charge is 0.335 e. The second-order valence-corrected chi connectivity index (χ2v) is 6.82. The Balaban J connectivity index is 2.22. The van der Waals surface area contributed by atoms with E-state index in [9.17, 15) is 0 Å². The molecular formula is C16H24N2S. The first-order chi connectivity index (χ1) is 9.04. The molecule has 0 saturated heterocycles. The van der Waals surface area contributed by atoms with Crippen LogP contribution in [0.2, 0.25) is 0 Å². The number of benzene rings is 1. The molecule has 0 bridgehead atoms. The molecule has 0 amide bonds. The average molecular weight is 276 g/mol. The maximum Gasteiger partial charge on any atom is 0.161 e. The minimum Gasteiger partial charge on any atom is -0.335 e. The lowest BCUT2D eigenvalue weighted by molar-refractivity contribution is 0.443. The van der Waals surface area contributed by atoms with Gasteiger partial charge in [0.15, 0.2) is 5.17 Å². The van der Waals surface area contributed by atoms with Crippen LogP contribution in [0.15, 0.2) is 29.3 Å². The van der Waals surface area contributed by atoms with Crippen LogP contribution >= 0.6 is 11.8 Å². The predicted octanol–water partition coefficient (Wildman–Crippen LogP) is 4.88. The van der Waals surface area contributed by atoms with Gasteiger partial charge in [0.1, 0.15) is 0 Å². The molecule has 0 saturated carbocycles. The number of amidine groups is 1. The van der Waals surface area contributed by atoms with Crippen LogP contribution in [0.5, 0.6) is 0 Å². The number of rotatable bonds is 3. The van der Waals surface area contributed by atoms with E-state index in [2.05, 4.69) is 57.3 Å². The van der Waals surface area contributed by atoms with E-state index in [1.165, 1.54) is 17.7 Å². The number of aliphatic imine (C=N–C) groups is 1. The SMILES string of the molecule is CCC1(C)CCSC(Nc2ccccc2C(C)C)=N1. The summed E-state index contributed by atoms with van der Waals surface area (Å²) in [6.45, 7) is 8.93. The highest BCUT2D eigenvalue weighted by Crippen LogP contribution is 2.31. The molecule has 0 aromatic heterocycles. The highest BCUT2D eigenvalue weighted by atomic mass is 32.2. The molecule has 3 heteroatoms. The van der Waals surface area contributed by atoms with Crippen molar-refractivity contribution in [3.05, 3.63) is 29.8 Å². The number of hydrogen-bond donors (Lipinski definition) is 1. The summed E-state index contributed by atoms with van der Waals surface area (Å²) in [4.78, 5) is 4.90. The lowest BCUT2D eigenvalue weighted by Gasteiger charge is -2.29. The second-order valence-electron chi connectivity index (χ2n) is 5.73. The molecule has 2 rings (SSSR count). The number of anilines is 1. The number of para-hydroxylation sites is 1. The quantitative estimate of drug-likeness (QED) is 0.850. The summed E-state index contributed by atoms with van der Waals surface area (Å²) in [5.41, 5.74) is 2.67. The van der Waals surface area contributed by atoms with E-state index in [1.807, 2.05) is 11.8 Å². The zero-order chi connectivity index (χ0) is 13.9. The molecule has 1 unspecified atom stereocenters. The van der Waals surface area contributed by atoms with Gasteiger partial charge in [-0.05, 0) is 37.3 Å². The van der Waals surface area contributed by atoms with E-state index >= 15 is 0 Å². The monoisotopic (exact) mass is 276 g/mol. The van der Waals surface area contributed by atoms with E-state index in [0.717, 1.165) is 17.3 Å². The molecule has 1 N–H and O–H groups in total. The maximum atomic E-state index is 4.90. The van der Waals surface area contributed by atoms with Crippen molar-refractivity contribution in [3.8, 4) is 0 Å². The summed E-state index contributed by atoms with van der Waals surface area (Å²) in [7, 11) is 0. The Kier molecular flexibility index (Phi) is 4.56. The summed E-state index contributed by atoms with van der Waals surface area (Å²) >= 11 is 1.84. The zero-order valence-corrected chi connectivity index (χ0v) is 13.2. The van der Waals surface area contributed by atoms with Crippen LogP contribution in [0.25, 0.3) is 0 Å². The van der Waals surface area contributed by atoms with Crippen molar-refractivity contribution in [2.24, 2.45) is 4.99 Å². The van der Waals surface area contributed by atoms with Gasteiger partial charge in [0.2, 0.25) is 0 Å². The molecule has 1 atom stereocenters. The van der Waals surface area contributed by atoms with E-state index in [1.54, 1.807) is 0 Å². The first kappa shape index (κ1) is 14.4. The Morgan fingerprint density at radius 1 is 1.37 bits per heavy atom. The fraction of sp³-hybridized carbons (Fsp3) is 0.562. The van der Waals surface area contributed by atoms with Gasteiger partial charge in [-0.25, -0.2) is 0 Å². The van der Waals surface area contributed by atoms with Gasteiger partial charge in [0.05, 0.1) is 5.54 Å². The van der Waals surface area contributed by atoms with Gasteiger partial charge in [0, 0.05) is 11.4 Å². The summed E-state index contributed by atoms with van der Waals surface area (Å²) < 4.78 is 0. The molecule has 0 aliphatic carbocycles.